The van der Waals surface area contributed by atoms with Crippen molar-refractivity contribution in [3.63, 3.8) is 0 Å². The number of rotatable bonds is 5. The number of imide groups is 1. The second kappa shape index (κ2) is 7.75. The van der Waals surface area contributed by atoms with Crippen molar-refractivity contribution in [2.75, 3.05) is 44.2 Å². The first kappa shape index (κ1) is 15.5. The summed E-state index contributed by atoms with van der Waals surface area (Å²) in [7, 11) is 0. The zero-order valence-electron chi connectivity index (χ0n) is 12.1. The van der Waals surface area contributed by atoms with E-state index in [1.807, 2.05) is 18.2 Å². The van der Waals surface area contributed by atoms with E-state index in [-0.39, 0.29) is 31.3 Å². The Labute approximate surface area is 124 Å². The Hall–Kier alpha value is -1.92. The number of carbonyl (C=O) groups is 2. The van der Waals surface area contributed by atoms with Gasteiger partial charge in [0.15, 0.2) is 0 Å². The second-order valence-corrected chi connectivity index (χ2v) is 5.11. The molecule has 0 atom stereocenters. The van der Waals surface area contributed by atoms with Crippen molar-refractivity contribution >= 4 is 17.5 Å². The standard InChI is InChI=1S/C15H22N4O2/c16-7-6-14(20)17-15(21)12-18-8-10-19(11-9-18)13-4-2-1-3-5-13/h1-5H,6-12,16H2,(H,17,20,21). The van der Waals surface area contributed by atoms with E-state index in [9.17, 15) is 9.59 Å². The number of anilines is 1. The Balaban J connectivity index is 1.74. The van der Waals surface area contributed by atoms with Gasteiger partial charge >= 0.3 is 0 Å². The molecular formula is C15H22N4O2. The average molecular weight is 290 g/mol. The molecule has 21 heavy (non-hydrogen) atoms. The molecule has 0 radical (unpaired) electrons. The first-order valence-corrected chi connectivity index (χ1v) is 7.24. The minimum atomic E-state index is -0.301. The summed E-state index contributed by atoms with van der Waals surface area (Å²) >= 11 is 0. The Morgan fingerprint density at radius 2 is 1.71 bits per heavy atom. The lowest BCUT2D eigenvalue weighted by atomic mass is 10.2. The molecule has 3 N–H and O–H groups in total. The van der Waals surface area contributed by atoms with Gasteiger partial charge in [-0.2, -0.15) is 0 Å². The lowest BCUT2D eigenvalue weighted by molar-refractivity contribution is -0.131. The van der Waals surface area contributed by atoms with E-state index in [1.54, 1.807) is 0 Å². The highest BCUT2D eigenvalue weighted by atomic mass is 16.2. The van der Waals surface area contributed by atoms with Crippen LogP contribution in [0.5, 0.6) is 0 Å². The third-order valence-corrected chi connectivity index (χ3v) is 3.51. The maximum atomic E-state index is 11.7. The zero-order valence-corrected chi connectivity index (χ0v) is 12.1. The van der Waals surface area contributed by atoms with Gasteiger partial charge in [0.25, 0.3) is 0 Å². The second-order valence-electron chi connectivity index (χ2n) is 5.11. The maximum Gasteiger partial charge on any atom is 0.240 e. The molecule has 0 saturated carbocycles. The lowest BCUT2D eigenvalue weighted by Crippen LogP contribution is -2.50. The van der Waals surface area contributed by atoms with Gasteiger partial charge in [-0.25, -0.2) is 0 Å². The highest BCUT2D eigenvalue weighted by molar-refractivity contribution is 5.96. The maximum absolute atomic E-state index is 11.7. The molecule has 0 aliphatic carbocycles. The Morgan fingerprint density at radius 1 is 1.05 bits per heavy atom. The average Bonchev–Trinajstić information content (AvgIpc) is 2.49. The van der Waals surface area contributed by atoms with Crippen LogP contribution in [0.2, 0.25) is 0 Å². The van der Waals surface area contributed by atoms with Crippen LogP contribution in [0.15, 0.2) is 30.3 Å². The molecule has 0 unspecified atom stereocenters. The third kappa shape index (κ3) is 4.84. The minimum Gasteiger partial charge on any atom is -0.369 e. The quantitative estimate of drug-likeness (QED) is 0.785. The monoisotopic (exact) mass is 290 g/mol. The van der Waals surface area contributed by atoms with E-state index < -0.39 is 0 Å². The molecule has 0 aromatic heterocycles. The zero-order chi connectivity index (χ0) is 15.1. The topological polar surface area (TPSA) is 78.7 Å². The predicted octanol–water partition coefficient (Wildman–Crippen LogP) is -0.200. The molecular weight excluding hydrogens is 268 g/mol. The molecule has 1 aromatic carbocycles. The largest absolute Gasteiger partial charge is 0.369 e. The normalized spacial score (nSPS) is 15.8. The summed E-state index contributed by atoms with van der Waals surface area (Å²) in [5, 5.41) is 2.36. The number of nitrogens with one attached hydrogen (secondary N) is 1. The van der Waals surface area contributed by atoms with Crippen LogP contribution in [0.3, 0.4) is 0 Å². The molecule has 2 rings (SSSR count). The van der Waals surface area contributed by atoms with Crippen molar-refractivity contribution in [3.8, 4) is 0 Å². The van der Waals surface area contributed by atoms with Gasteiger partial charge in [-0.1, -0.05) is 18.2 Å². The fraction of sp³-hybridized carbons (Fsp3) is 0.467. The molecule has 6 heteroatoms. The number of carbonyl (C=O) groups excluding carboxylic acids is 2. The van der Waals surface area contributed by atoms with Crippen LogP contribution in [0.1, 0.15) is 6.42 Å². The minimum absolute atomic E-state index is 0.188. The van der Waals surface area contributed by atoms with Crippen molar-refractivity contribution in [1.29, 1.82) is 0 Å². The SMILES string of the molecule is NCCC(=O)NC(=O)CN1CCN(c2ccccc2)CC1. The number of benzene rings is 1. The first-order valence-electron chi connectivity index (χ1n) is 7.24. The highest BCUT2D eigenvalue weighted by Gasteiger charge is 2.19. The molecule has 1 fully saturated rings. The van der Waals surface area contributed by atoms with E-state index in [1.165, 1.54) is 5.69 Å². The van der Waals surface area contributed by atoms with Gasteiger partial charge in [-0.15, -0.1) is 0 Å². The summed E-state index contributed by atoms with van der Waals surface area (Å²) in [6.07, 6.45) is 0.188. The molecule has 1 aliphatic heterocycles. The summed E-state index contributed by atoms with van der Waals surface area (Å²) < 4.78 is 0. The van der Waals surface area contributed by atoms with Crippen LogP contribution in [0.4, 0.5) is 5.69 Å². The predicted molar refractivity (Wildman–Crippen MR) is 81.9 cm³/mol. The van der Waals surface area contributed by atoms with Crippen LogP contribution in [-0.2, 0) is 9.59 Å². The van der Waals surface area contributed by atoms with Crippen LogP contribution < -0.4 is 16.0 Å². The lowest BCUT2D eigenvalue weighted by Gasteiger charge is -2.35. The Kier molecular flexibility index (Phi) is 5.71. The fourth-order valence-electron chi connectivity index (χ4n) is 2.39. The first-order chi connectivity index (χ1) is 10.2. The van der Waals surface area contributed by atoms with Crippen molar-refractivity contribution in [2.24, 2.45) is 5.73 Å². The molecule has 114 valence electrons. The van der Waals surface area contributed by atoms with Gasteiger partial charge in [0.2, 0.25) is 11.8 Å². The van der Waals surface area contributed by atoms with E-state index in [0.717, 1.165) is 26.2 Å². The van der Waals surface area contributed by atoms with Gasteiger partial charge in [0, 0.05) is 44.8 Å². The van der Waals surface area contributed by atoms with Gasteiger partial charge in [0.1, 0.15) is 0 Å². The molecule has 0 spiro atoms. The van der Waals surface area contributed by atoms with Crippen molar-refractivity contribution in [1.82, 2.24) is 10.2 Å². The number of nitrogens with zero attached hydrogens (tertiary/aromatic N) is 2. The number of hydrogen-bond acceptors (Lipinski definition) is 5. The summed E-state index contributed by atoms with van der Waals surface area (Å²) in [4.78, 5) is 27.4. The summed E-state index contributed by atoms with van der Waals surface area (Å²) in [6, 6.07) is 10.2. The Bertz CT molecular complexity index is 470. The molecule has 6 nitrogen and oxygen atoms in total. The molecule has 1 heterocycles. The van der Waals surface area contributed by atoms with Crippen LogP contribution in [0.25, 0.3) is 0 Å². The third-order valence-electron chi connectivity index (χ3n) is 3.51. The summed E-state index contributed by atoms with van der Waals surface area (Å²) in [5.41, 5.74) is 6.48. The van der Waals surface area contributed by atoms with Crippen molar-refractivity contribution in [3.05, 3.63) is 30.3 Å². The summed E-state index contributed by atoms with van der Waals surface area (Å²) in [6.45, 7) is 3.91. The van der Waals surface area contributed by atoms with Gasteiger partial charge in [-0.05, 0) is 12.1 Å². The van der Waals surface area contributed by atoms with Gasteiger partial charge in [0.05, 0.1) is 6.54 Å². The van der Waals surface area contributed by atoms with Crippen LogP contribution >= 0.6 is 0 Å². The summed E-state index contributed by atoms with van der Waals surface area (Å²) in [5.74, 6) is -0.549. The molecule has 1 saturated heterocycles. The van der Waals surface area contributed by atoms with E-state index in [2.05, 4.69) is 27.2 Å². The van der Waals surface area contributed by atoms with Crippen LogP contribution in [0, 0.1) is 0 Å². The van der Waals surface area contributed by atoms with E-state index in [4.69, 9.17) is 5.73 Å². The fourth-order valence-corrected chi connectivity index (χ4v) is 2.39. The molecule has 2 amide bonds. The molecule has 1 aliphatic rings. The van der Waals surface area contributed by atoms with Gasteiger partial charge in [-0.3, -0.25) is 19.8 Å². The van der Waals surface area contributed by atoms with Gasteiger partial charge < -0.3 is 10.6 Å². The van der Waals surface area contributed by atoms with Crippen molar-refractivity contribution < 1.29 is 9.59 Å². The molecule has 1 aromatic rings. The number of amides is 2. The highest BCUT2D eigenvalue weighted by Crippen LogP contribution is 2.15. The number of para-hydroxylation sites is 1. The Morgan fingerprint density at radius 3 is 2.33 bits per heavy atom. The van der Waals surface area contributed by atoms with E-state index >= 15 is 0 Å². The number of nitrogens with two attached hydrogens (primary N) is 1. The number of hydrogen-bond donors (Lipinski definition) is 2. The molecule has 0 bridgehead atoms. The van der Waals surface area contributed by atoms with Crippen molar-refractivity contribution in [2.45, 2.75) is 6.42 Å². The smallest absolute Gasteiger partial charge is 0.240 e. The number of piperazine rings is 1. The van der Waals surface area contributed by atoms with Crippen LogP contribution in [-0.4, -0.2) is 56.0 Å². The van der Waals surface area contributed by atoms with E-state index in [0.29, 0.717) is 0 Å².